The van der Waals surface area contributed by atoms with E-state index in [4.69, 9.17) is 22.1 Å². The maximum absolute atomic E-state index is 8.97. The Hall–Kier alpha value is -8.11. The summed E-state index contributed by atoms with van der Waals surface area (Å²) in [4.78, 5) is 6.99. The van der Waals surface area contributed by atoms with Crippen LogP contribution in [0.5, 0.6) is 11.5 Å². The van der Waals surface area contributed by atoms with E-state index in [1.165, 1.54) is 23.3 Å². The van der Waals surface area contributed by atoms with Crippen LogP contribution in [0, 0.1) is 18.8 Å². The predicted molar refractivity (Wildman–Crippen MR) is 361 cm³/mol. The Morgan fingerprint density at radius 1 is 0.430 bits per heavy atom. The number of para-hydroxylation sites is 3. The van der Waals surface area contributed by atoms with Crippen LogP contribution in [0.25, 0.3) is 93.2 Å². The summed E-state index contributed by atoms with van der Waals surface area (Å²) in [5.41, 5.74) is 7.32. The van der Waals surface area contributed by atoms with Crippen molar-refractivity contribution in [3.8, 4) is 39.6 Å². The fraction of sp³-hybridized carbons (Fsp3) is 0.250. The summed E-state index contributed by atoms with van der Waals surface area (Å²) >= 11 is 0. The standard InChI is InChI=1S/C80H77N4O.Pt/c1-76(2,3)53-37-38-81-73(46-53)84-70-31-19-18-27-65(70)66-36-34-60(48-72(66)84)85-59-24-20-23-58(47-59)82-49-83-74-61(52-41-56(79(10,11)12)45-57(42-52)80(13,14)15)28-21-29-68(74)69-43-50(51-39-54(77(4,5)6)44-55(40-51)78(7,8)9)33-35-64(69)62-25-16-17-26-63(62)67-30-22-32-71(82)75(67)83;/h16-46,49H,1-15H3;/q-3;/i10D3,11D3,12D3;. The van der Waals surface area contributed by atoms with Crippen molar-refractivity contribution in [1.29, 1.82) is 0 Å². The summed E-state index contributed by atoms with van der Waals surface area (Å²) in [6.45, 7) is 17.4. The molecule has 12 aromatic rings. The number of benzene rings is 9. The van der Waals surface area contributed by atoms with Gasteiger partial charge in [0.25, 0.3) is 0 Å². The second-order valence-electron chi connectivity index (χ2n) is 27.2. The molecule has 0 radical (unpaired) electrons. The van der Waals surface area contributed by atoms with E-state index in [0.29, 0.717) is 39.4 Å². The first kappa shape index (κ1) is 48.1. The van der Waals surface area contributed by atoms with Gasteiger partial charge >= 0.3 is 0 Å². The Morgan fingerprint density at radius 2 is 0.977 bits per heavy atom. The van der Waals surface area contributed by atoms with Crippen LogP contribution in [0.3, 0.4) is 0 Å². The van der Waals surface area contributed by atoms with E-state index in [1.807, 2.05) is 88.2 Å². The predicted octanol–water partition coefficient (Wildman–Crippen LogP) is 22.0. The van der Waals surface area contributed by atoms with E-state index in [0.717, 1.165) is 87.8 Å². The van der Waals surface area contributed by atoms with Crippen LogP contribution in [0.4, 0.5) is 11.4 Å². The fourth-order valence-electron chi connectivity index (χ4n) is 12.2. The van der Waals surface area contributed by atoms with Gasteiger partial charge < -0.3 is 18.8 Å². The van der Waals surface area contributed by atoms with Gasteiger partial charge in [0.15, 0.2) is 0 Å². The number of rotatable bonds is 6. The van der Waals surface area contributed by atoms with Crippen molar-refractivity contribution < 1.29 is 38.1 Å². The summed E-state index contributed by atoms with van der Waals surface area (Å²) in [6.07, 6.45) is 1.86. The summed E-state index contributed by atoms with van der Waals surface area (Å²) in [5.74, 6) is 1.71. The minimum atomic E-state index is -3.51. The van der Waals surface area contributed by atoms with E-state index in [9.17, 15) is 0 Å². The molecule has 0 fully saturated rings. The van der Waals surface area contributed by atoms with E-state index < -0.39 is 31.4 Å². The van der Waals surface area contributed by atoms with Crippen molar-refractivity contribution >= 4 is 76.5 Å². The van der Waals surface area contributed by atoms with Gasteiger partial charge in [-0.1, -0.05) is 236 Å². The zero-order valence-corrected chi connectivity index (χ0v) is 53.3. The second kappa shape index (κ2) is 21.1. The van der Waals surface area contributed by atoms with E-state index in [-0.39, 0.29) is 42.9 Å². The average molecular weight is 1310 g/mol. The van der Waals surface area contributed by atoms with Gasteiger partial charge in [-0.15, -0.1) is 35.7 Å². The third-order valence-corrected chi connectivity index (χ3v) is 17.0. The summed E-state index contributed by atoms with van der Waals surface area (Å²) in [5, 5.41) is 7.65. The average Bonchev–Trinajstić information content (AvgIpc) is 1.60. The van der Waals surface area contributed by atoms with Gasteiger partial charge in [-0.3, -0.25) is 0 Å². The third-order valence-electron chi connectivity index (χ3n) is 17.0. The number of hydrogen-bond donors (Lipinski definition) is 0. The topological polar surface area (TPSA) is 35.2 Å². The van der Waals surface area contributed by atoms with Crippen molar-refractivity contribution in [2.24, 2.45) is 0 Å². The number of fused-ring (bicyclic) bond motifs is 10. The van der Waals surface area contributed by atoms with Gasteiger partial charge in [-0.25, -0.2) is 4.98 Å². The van der Waals surface area contributed by atoms with Crippen molar-refractivity contribution in [1.82, 2.24) is 14.1 Å². The van der Waals surface area contributed by atoms with Crippen molar-refractivity contribution in [3.05, 3.63) is 235 Å². The molecule has 0 N–H and O–H groups in total. The van der Waals surface area contributed by atoms with Crippen LogP contribution >= 0.6 is 0 Å². The molecule has 0 saturated carbocycles. The maximum Gasteiger partial charge on any atom is 0.135 e. The first-order valence-corrected chi connectivity index (χ1v) is 29.4. The van der Waals surface area contributed by atoms with Gasteiger partial charge in [0, 0.05) is 62.3 Å². The second-order valence-corrected chi connectivity index (χ2v) is 27.2. The van der Waals surface area contributed by atoms with Crippen LogP contribution < -0.4 is 9.64 Å². The monoisotopic (exact) mass is 1310 g/mol. The van der Waals surface area contributed by atoms with Gasteiger partial charge in [-0.05, 0) is 163 Å². The van der Waals surface area contributed by atoms with Crippen LogP contribution in [0.1, 0.15) is 144 Å². The van der Waals surface area contributed by atoms with Crippen LogP contribution in [0.15, 0.2) is 188 Å². The third kappa shape index (κ3) is 10.4. The van der Waals surface area contributed by atoms with Gasteiger partial charge in [0.1, 0.15) is 5.82 Å². The Kier molecular flexibility index (Phi) is 11.8. The number of pyridine rings is 1. The molecule has 4 heterocycles. The van der Waals surface area contributed by atoms with Gasteiger partial charge in [0.05, 0.1) is 0 Å². The van der Waals surface area contributed by atoms with Crippen molar-refractivity contribution in [2.75, 3.05) is 4.90 Å². The minimum Gasteiger partial charge on any atom is -0.509 e. The molecule has 13 rings (SSSR count). The zero-order chi connectivity index (χ0) is 67.2. The maximum atomic E-state index is 8.97. The number of aromatic nitrogens is 3. The quantitative estimate of drug-likeness (QED) is 0.156. The molecular weight excluding hydrogens is 1230 g/mol. The number of nitrogens with zero attached hydrogens (tertiary/aromatic N) is 4. The van der Waals surface area contributed by atoms with Crippen LogP contribution in [-0.4, -0.2) is 14.1 Å². The molecule has 0 unspecified atom stereocenters. The van der Waals surface area contributed by atoms with Crippen LogP contribution in [0.2, 0.25) is 0 Å². The van der Waals surface area contributed by atoms with E-state index in [1.54, 1.807) is 0 Å². The molecule has 6 heteroatoms. The molecule has 3 aromatic heterocycles. The molecule has 0 bridgehead atoms. The number of ether oxygens (including phenoxy) is 1. The number of anilines is 2. The minimum absolute atomic E-state index is 0. The van der Waals surface area contributed by atoms with Crippen molar-refractivity contribution in [3.63, 3.8) is 0 Å². The molecule has 0 amide bonds. The van der Waals surface area contributed by atoms with E-state index >= 15 is 0 Å². The van der Waals surface area contributed by atoms with E-state index in [2.05, 4.69) is 204 Å². The van der Waals surface area contributed by atoms with Gasteiger partial charge in [-0.2, -0.15) is 12.1 Å². The van der Waals surface area contributed by atoms with Gasteiger partial charge in [0.2, 0.25) is 0 Å². The number of hydrogen-bond acceptors (Lipinski definition) is 3. The molecule has 0 atom stereocenters. The molecule has 1 aliphatic rings. The Labute approximate surface area is 535 Å². The largest absolute Gasteiger partial charge is 0.509 e. The SMILES string of the molecule is [2H]C([2H])([2H])C(c1cc(-c2cccc3c4cc(-c5cc(C(C)(C)C)cc(C(C)(C)C)c5)ccc4c4ccccc4c4cccc5c4n(c23)[CH-]N5c2[c-]c(Oc3[c-]c4c(cc3)c3ccccc3n4-c3cc(C(C)(C)C)ccn3)ccc2)cc(C(C)(C)C)c1)(C([2H])([2H])[2H])C([2H])([2H])[2H].[Pt]. The Bertz CT molecular complexity index is 5050. The first-order valence-electron chi connectivity index (χ1n) is 33.9. The molecular formula is C80H77N4OPt-3. The molecule has 1 aliphatic heterocycles. The van der Waals surface area contributed by atoms with Crippen molar-refractivity contribution in [2.45, 2.75) is 131 Å². The molecule has 5 nitrogen and oxygen atoms in total. The Balaban J connectivity index is 0.00000864. The Morgan fingerprint density at radius 3 is 1.64 bits per heavy atom. The smallest absolute Gasteiger partial charge is 0.135 e. The molecule has 0 saturated heterocycles. The molecule has 0 spiro atoms. The molecule has 436 valence electrons. The first-order chi connectivity index (χ1) is 44.0. The fourth-order valence-corrected chi connectivity index (χ4v) is 12.2. The summed E-state index contributed by atoms with van der Waals surface area (Å²) in [7, 11) is 0. The zero-order valence-electron chi connectivity index (χ0n) is 60.0. The molecule has 0 aliphatic carbocycles. The molecule has 9 aromatic carbocycles. The summed E-state index contributed by atoms with van der Waals surface area (Å²) < 4.78 is 91.9. The molecule has 86 heavy (non-hydrogen) atoms. The summed E-state index contributed by atoms with van der Waals surface area (Å²) in [6, 6.07) is 69.0. The van der Waals surface area contributed by atoms with Crippen LogP contribution in [-0.2, 0) is 48.1 Å². The normalized spacial score (nSPS) is 15.0.